The van der Waals surface area contributed by atoms with Crippen molar-refractivity contribution < 1.29 is 4.79 Å². The molecule has 5 heteroatoms. The topological polar surface area (TPSA) is 71.2 Å². The van der Waals surface area contributed by atoms with Gasteiger partial charge in [-0.25, -0.2) is 4.98 Å². The third kappa shape index (κ3) is 3.92. The van der Waals surface area contributed by atoms with Crippen molar-refractivity contribution >= 4 is 22.6 Å². The lowest BCUT2D eigenvalue weighted by Crippen LogP contribution is -2.29. The van der Waals surface area contributed by atoms with Gasteiger partial charge in [0.1, 0.15) is 5.82 Å². The lowest BCUT2D eigenvalue weighted by molar-refractivity contribution is -0.121. The predicted molar refractivity (Wildman–Crippen MR) is 86.2 cm³/mol. The number of nitrogens with two attached hydrogens (primary N) is 1. The van der Waals surface area contributed by atoms with Crippen molar-refractivity contribution in [2.24, 2.45) is 5.73 Å². The number of hydrogen-bond acceptors (Lipinski definition) is 4. The highest BCUT2D eigenvalue weighted by atomic mass is 16.1. The first kappa shape index (κ1) is 15.3. The van der Waals surface area contributed by atoms with Crippen molar-refractivity contribution in [1.82, 2.24) is 10.3 Å². The average Bonchev–Trinajstić information content (AvgIpc) is 2.43. The van der Waals surface area contributed by atoms with Gasteiger partial charge in [-0.15, -0.1) is 0 Å². The van der Waals surface area contributed by atoms with Gasteiger partial charge in [0.05, 0.1) is 5.52 Å². The molecular weight excluding hydrogens is 264 g/mol. The van der Waals surface area contributed by atoms with E-state index in [2.05, 4.69) is 10.3 Å². The van der Waals surface area contributed by atoms with Gasteiger partial charge < -0.3 is 16.0 Å². The van der Waals surface area contributed by atoms with Crippen LogP contribution in [0.4, 0.5) is 5.82 Å². The largest absolute Gasteiger partial charge is 0.363 e. The molecule has 0 aliphatic carbocycles. The molecule has 2 aromatic rings. The molecule has 1 atom stereocenters. The molecule has 0 fully saturated rings. The van der Waals surface area contributed by atoms with E-state index in [1.807, 2.05) is 56.3 Å². The van der Waals surface area contributed by atoms with E-state index in [4.69, 9.17) is 5.73 Å². The average molecular weight is 286 g/mol. The number of pyridine rings is 1. The Morgan fingerprint density at radius 2 is 2.10 bits per heavy atom. The Morgan fingerprint density at radius 1 is 1.38 bits per heavy atom. The fraction of sp³-hybridized carbons (Fsp3) is 0.375. The van der Waals surface area contributed by atoms with Crippen LogP contribution in [0.5, 0.6) is 0 Å². The van der Waals surface area contributed by atoms with Crippen LogP contribution in [0.3, 0.4) is 0 Å². The summed E-state index contributed by atoms with van der Waals surface area (Å²) >= 11 is 0. The van der Waals surface area contributed by atoms with Crippen molar-refractivity contribution in [2.75, 3.05) is 19.0 Å². The lowest BCUT2D eigenvalue weighted by Gasteiger charge is -2.15. The van der Waals surface area contributed by atoms with Gasteiger partial charge in [-0.2, -0.15) is 0 Å². The maximum atomic E-state index is 11.8. The summed E-state index contributed by atoms with van der Waals surface area (Å²) < 4.78 is 0. The van der Waals surface area contributed by atoms with Crippen molar-refractivity contribution in [3.05, 3.63) is 35.9 Å². The Labute approximate surface area is 125 Å². The number of anilines is 1. The quantitative estimate of drug-likeness (QED) is 0.877. The van der Waals surface area contributed by atoms with E-state index >= 15 is 0 Å². The summed E-state index contributed by atoms with van der Waals surface area (Å²) in [5, 5.41) is 3.98. The van der Waals surface area contributed by atoms with Crippen LogP contribution >= 0.6 is 0 Å². The molecule has 21 heavy (non-hydrogen) atoms. The minimum absolute atomic E-state index is 0.0303. The fourth-order valence-corrected chi connectivity index (χ4v) is 2.17. The van der Waals surface area contributed by atoms with E-state index in [9.17, 15) is 4.79 Å². The van der Waals surface area contributed by atoms with Crippen molar-refractivity contribution in [1.29, 1.82) is 0 Å². The van der Waals surface area contributed by atoms with E-state index in [0.717, 1.165) is 22.3 Å². The molecule has 1 aromatic heterocycles. The third-order valence-corrected chi connectivity index (χ3v) is 3.23. The fourth-order valence-electron chi connectivity index (χ4n) is 2.17. The molecular formula is C16H22N4O. The maximum absolute atomic E-state index is 11.8. The van der Waals surface area contributed by atoms with E-state index < -0.39 is 0 Å². The van der Waals surface area contributed by atoms with Crippen LogP contribution < -0.4 is 16.0 Å². The molecule has 0 aliphatic heterocycles. The van der Waals surface area contributed by atoms with Crippen LogP contribution in [-0.4, -0.2) is 31.0 Å². The minimum atomic E-state index is -0.128. The van der Waals surface area contributed by atoms with Crippen molar-refractivity contribution in [2.45, 2.75) is 25.9 Å². The second kappa shape index (κ2) is 6.54. The summed E-state index contributed by atoms with van der Waals surface area (Å²) in [4.78, 5) is 18.3. The number of amides is 1. The molecule has 0 bridgehead atoms. The van der Waals surface area contributed by atoms with Crippen LogP contribution in [0.1, 0.15) is 18.9 Å². The third-order valence-electron chi connectivity index (χ3n) is 3.23. The SMILES string of the molecule is CC(N)CC(=O)NCc1cc(N(C)C)nc2ccccc12. The van der Waals surface area contributed by atoms with Gasteiger partial charge in [0.15, 0.2) is 0 Å². The van der Waals surface area contributed by atoms with E-state index in [0.29, 0.717) is 13.0 Å². The molecule has 3 N–H and O–H groups in total. The molecule has 1 aromatic carbocycles. The molecule has 2 rings (SSSR count). The second-order valence-corrected chi connectivity index (χ2v) is 5.51. The molecule has 1 unspecified atom stereocenters. The predicted octanol–water partition coefficient (Wildman–Crippen LogP) is 1.65. The molecule has 0 saturated heterocycles. The van der Waals surface area contributed by atoms with Crippen LogP contribution in [0.25, 0.3) is 10.9 Å². The lowest BCUT2D eigenvalue weighted by atomic mass is 10.1. The standard InChI is InChI=1S/C16H22N4O/c1-11(17)8-16(21)18-10-12-9-15(20(2)3)19-14-7-5-4-6-13(12)14/h4-7,9,11H,8,10,17H2,1-3H3,(H,18,21). The van der Waals surface area contributed by atoms with Crippen molar-refractivity contribution in [3.8, 4) is 0 Å². The maximum Gasteiger partial charge on any atom is 0.221 e. The van der Waals surface area contributed by atoms with Crippen molar-refractivity contribution in [3.63, 3.8) is 0 Å². The summed E-state index contributed by atoms with van der Waals surface area (Å²) in [5.41, 5.74) is 7.63. The second-order valence-electron chi connectivity index (χ2n) is 5.51. The van der Waals surface area contributed by atoms with Gasteiger partial charge in [-0.05, 0) is 24.6 Å². The Kier molecular flexibility index (Phi) is 4.75. The Morgan fingerprint density at radius 3 is 2.76 bits per heavy atom. The van der Waals surface area contributed by atoms with E-state index in [1.54, 1.807) is 0 Å². The van der Waals surface area contributed by atoms with Crippen LogP contribution in [0.2, 0.25) is 0 Å². The van der Waals surface area contributed by atoms with Gasteiger partial charge in [-0.1, -0.05) is 18.2 Å². The first-order valence-electron chi connectivity index (χ1n) is 7.05. The van der Waals surface area contributed by atoms with Crippen LogP contribution in [0, 0.1) is 0 Å². The van der Waals surface area contributed by atoms with Gasteiger partial charge in [0.2, 0.25) is 5.91 Å². The smallest absolute Gasteiger partial charge is 0.221 e. The number of carbonyl (C=O) groups is 1. The van der Waals surface area contributed by atoms with Gasteiger partial charge in [0.25, 0.3) is 0 Å². The summed E-state index contributed by atoms with van der Waals surface area (Å²) in [6, 6.07) is 9.83. The number of carbonyl (C=O) groups excluding carboxylic acids is 1. The molecule has 1 amide bonds. The number of hydrogen-bond donors (Lipinski definition) is 2. The zero-order valence-corrected chi connectivity index (χ0v) is 12.8. The number of fused-ring (bicyclic) bond motifs is 1. The number of benzene rings is 1. The zero-order valence-electron chi connectivity index (χ0n) is 12.8. The highest BCUT2D eigenvalue weighted by Crippen LogP contribution is 2.21. The molecule has 0 radical (unpaired) electrons. The molecule has 0 aliphatic rings. The summed E-state index contributed by atoms with van der Waals surface area (Å²) in [5.74, 6) is 0.849. The molecule has 0 spiro atoms. The van der Waals surface area contributed by atoms with Gasteiger partial charge in [-0.3, -0.25) is 4.79 Å². The first-order chi connectivity index (χ1) is 9.97. The van der Waals surface area contributed by atoms with Crippen LogP contribution in [-0.2, 0) is 11.3 Å². The van der Waals surface area contributed by atoms with Gasteiger partial charge in [0, 0.05) is 38.5 Å². The highest BCUT2D eigenvalue weighted by Gasteiger charge is 2.09. The number of aromatic nitrogens is 1. The zero-order chi connectivity index (χ0) is 15.4. The van der Waals surface area contributed by atoms with Crippen LogP contribution in [0.15, 0.2) is 30.3 Å². The van der Waals surface area contributed by atoms with E-state index in [1.165, 1.54) is 0 Å². The van der Waals surface area contributed by atoms with E-state index in [-0.39, 0.29) is 11.9 Å². The molecule has 112 valence electrons. The number of para-hydroxylation sites is 1. The first-order valence-corrected chi connectivity index (χ1v) is 7.05. The van der Waals surface area contributed by atoms with Gasteiger partial charge >= 0.3 is 0 Å². The highest BCUT2D eigenvalue weighted by molar-refractivity contribution is 5.85. The molecule has 0 saturated carbocycles. The summed E-state index contributed by atoms with van der Waals surface area (Å²) in [6.07, 6.45) is 0.337. The number of nitrogens with zero attached hydrogens (tertiary/aromatic N) is 2. The Bertz CT molecular complexity index is 637. The molecule has 1 heterocycles. The monoisotopic (exact) mass is 286 g/mol. The molecule has 5 nitrogen and oxygen atoms in total. The number of nitrogens with one attached hydrogen (secondary N) is 1. The number of rotatable bonds is 5. The normalized spacial score (nSPS) is 12.2. The minimum Gasteiger partial charge on any atom is -0.363 e. The Balaban J connectivity index is 2.27. The summed E-state index contributed by atoms with van der Waals surface area (Å²) in [6.45, 7) is 2.31. The Hall–Kier alpha value is -2.14. The summed E-state index contributed by atoms with van der Waals surface area (Å²) in [7, 11) is 3.91.